The van der Waals surface area contributed by atoms with E-state index in [0.29, 0.717) is 12.4 Å². The summed E-state index contributed by atoms with van der Waals surface area (Å²) < 4.78 is 13.7. The van der Waals surface area contributed by atoms with Gasteiger partial charge in [-0.25, -0.2) is 14.4 Å². The van der Waals surface area contributed by atoms with Gasteiger partial charge in [0.1, 0.15) is 17.9 Å². The summed E-state index contributed by atoms with van der Waals surface area (Å²) in [5.41, 5.74) is 10.1. The average molecular weight is 570 g/mol. The van der Waals surface area contributed by atoms with Crippen LogP contribution in [0.1, 0.15) is 37.8 Å². The third-order valence-corrected chi connectivity index (χ3v) is 7.56. The maximum absolute atomic E-state index is 13.7. The van der Waals surface area contributed by atoms with Crippen LogP contribution in [0.25, 0.3) is 0 Å². The van der Waals surface area contributed by atoms with E-state index in [1.54, 1.807) is 18.5 Å². The van der Waals surface area contributed by atoms with Gasteiger partial charge < -0.3 is 9.80 Å². The Bertz CT molecular complexity index is 1390. The minimum Gasteiger partial charge on any atom is -0.371 e. The maximum Gasteiger partial charge on any atom is 0.179 e. The van der Waals surface area contributed by atoms with Gasteiger partial charge in [-0.2, -0.15) is 0 Å². The number of hydrogen-bond acceptors (Lipinski definition) is 6. The van der Waals surface area contributed by atoms with Crippen LogP contribution in [-0.2, 0) is 6.54 Å². The summed E-state index contributed by atoms with van der Waals surface area (Å²) in [5, 5.41) is 1.96. The fourth-order valence-corrected chi connectivity index (χ4v) is 5.26. The number of halogens is 1. The largest absolute Gasteiger partial charge is 0.371 e. The predicted octanol–water partition coefficient (Wildman–Crippen LogP) is 6.55. The Morgan fingerprint density at radius 3 is 2.67 bits per heavy atom. The minimum absolute atomic E-state index is 0.218. The molecule has 2 aromatic carbocycles. The Morgan fingerprint density at radius 1 is 1.12 bits per heavy atom. The van der Waals surface area contributed by atoms with Crippen molar-refractivity contribution in [1.82, 2.24) is 20.2 Å². The first-order valence-electron chi connectivity index (χ1n) is 14.6. The molecule has 0 bridgehead atoms. The lowest BCUT2D eigenvalue weighted by atomic mass is 10.1. The molecule has 2 aliphatic heterocycles. The lowest BCUT2D eigenvalue weighted by Crippen LogP contribution is -2.41. The van der Waals surface area contributed by atoms with Gasteiger partial charge >= 0.3 is 0 Å². The number of hydrogen-bond donors (Lipinski definition) is 1. The summed E-state index contributed by atoms with van der Waals surface area (Å²) in [6, 6.07) is 12.9. The Balaban J connectivity index is 1.52. The highest BCUT2D eigenvalue weighted by atomic mass is 19.1. The van der Waals surface area contributed by atoms with E-state index in [2.05, 4.69) is 63.4 Å². The molecule has 2 heterocycles. The first kappa shape index (κ1) is 30.8. The summed E-state index contributed by atoms with van der Waals surface area (Å²) in [6.07, 6.45) is 10.1. The summed E-state index contributed by atoms with van der Waals surface area (Å²) in [7, 11) is 2.02. The molecule has 4 rings (SSSR count). The smallest absolute Gasteiger partial charge is 0.179 e. The Hall–Kier alpha value is -4.17. The van der Waals surface area contributed by atoms with Crippen LogP contribution in [0.3, 0.4) is 0 Å². The molecule has 0 amide bonds. The second-order valence-electron chi connectivity index (χ2n) is 10.9. The molecule has 1 fully saturated rings. The van der Waals surface area contributed by atoms with Crippen molar-refractivity contribution in [3.05, 3.63) is 108 Å². The van der Waals surface area contributed by atoms with E-state index in [0.717, 1.165) is 85.0 Å². The van der Waals surface area contributed by atoms with Gasteiger partial charge in [0.15, 0.2) is 5.84 Å². The van der Waals surface area contributed by atoms with Crippen LogP contribution in [0, 0.1) is 12.7 Å². The topological polar surface area (TPSA) is 49.7 Å². The molecule has 0 radical (unpaired) electrons. The van der Waals surface area contributed by atoms with Gasteiger partial charge in [0.05, 0.1) is 5.69 Å². The lowest BCUT2D eigenvalue weighted by molar-refractivity contribution is 0.214. The predicted molar refractivity (Wildman–Crippen MR) is 174 cm³/mol. The second-order valence-corrected chi connectivity index (χ2v) is 10.9. The molecule has 0 spiro atoms. The highest BCUT2D eigenvalue weighted by Gasteiger charge is 2.19. The summed E-state index contributed by atoms with van der Waals surface area (Å²) in [5.74, 6) is 0.431. The van der Waals surface area contributed by atoms with Crippen molar-refractivity contribution in [2.75, 3.05) is 44.7 Å². The molecule has 2 aliphatic rings. The zero-order valence-corrected chi connectivity index (χ0v) is 25.5. The van der Waals surface area contributed by atoms with E-state index in [-0.39, 0.29) is 5.82 Å². The van der Waals surface area contributed by atoms with Crippen LogP contribution >= 0.6 is 0 Å². The summed E-state index contributed by atoms with van der Waals surface area (Å²) in [6.45, 7) is 19.8. The fourth-order valence-electron chi connectivity index (χ4n) is 5.26. The van der Waals surface area contributed by atoms with E-state index >= 15 is 0 Å². The zero-order chi connectivity index (χ0) is 30.1. The van der Waals surface area contributed by atoms with Crippen molar-refractivity contribution in [1.29, 1.82) is 0 Å². The van der Waals surface area contributed by atoms with Crippen LogP contribution in [0.15, 0.2) is 101 Å². The number of nitrogens with one attached hydrogen (secondary N) is 1. The Morgan fingerprint density at radius 2 is 1.93 bits per heavy atom. The van der Waals surface area contributed by atoms with Crippen molar-refractivity contribution in [3.63, 3.8) is 0 Å². The molecule has 8 heteroatoms. The van der Waals surface area contributed by atoms with Crippen molar-refractivity contribution in [3.8, 4) is 0 Å². The molecule has 0 aromatic heterocycles. The highest BCUT2D eigenvalue weighted by molar-refractivity contribution is 6.05. The molecule has 2 aromatic rings. The Kier molecular flexibility index (Phi) is 10.7. The van der Waals surface area contributed by atoms with Gasteiger partial charge in [-0.1, -0.05) is 31.4 Å². The first-order valence-corrected chi connectivity index (χ1v) is 14.6. The van der Waals surface area contributed by atoms with E-state index < -0.39 is 0 Å². The minimum atomic E-state index is -0.218. The number of hydrazine groups is 1. The van der Waals surface area contributed by atoms with Crippen LogP contribution in [0.2, 0.25) is 0 Å². The number of anilines is 1. The number of rotatable bonds is 9. The normalized spacial score (nSPS) is 18.3. The molecule has 1 N–H and O–H groups in total. The van der Waals surface area contributed by atoms with Crippen LogP contribution < -0.4 is 10.3 Å². The van der Waals surface area contributed by atoms with E-state index in [9.17, 15) is 4.39 Å². The lowest BCUT2D eigenvalue weighted by Gasteiger charge is -2.33. The molecule has 1 saturated heterocycles. The van der Waals surface area contributed by atoms with Crippen LogP contribution in [0.5, 0.6) is 0 Å². The standard InChI is InChI=1S/C34H44FN7/c1-7-16-42-33(15-19-40-17-8-9-18-41(21-20-40)28(5)26(2)3)34(36-25-37-42)38-31-13-14-32(27(4)22-31)39(6)24-29-11-10-12-30(35)23-29/h7,10-16,22-23,25H,2,5,8-9,17-21,24H2,1,3-4,6H3,(H,36,37,38)/b16-7-,33-15+. The number of nitrogens with zero attached hydrogens (tertiary/aromatic N) is 6. The van der Waals surface area contributed by atoms with Gasteiger partial charge in [-0.05, 0) is 93.3 Å². The van der Waals surface area contributed by atoms with Gasteiger partial charge in [0.2, 0.25) is 0 Å². The van der Waals surface area contributed by atoms with E-state index in [1.807, 2.05) is 50.3 Å². The number of aryl methyl sites for hydroxylation is 1. The number of amidine groups is 1. The van der Waals surface area contributed by atoms with Crippen molar-refractivity contribution in [2.45, 2.75) is 40.2 Å². The number of benzene rings is 2. The quantitative estimate of drug-likeness (QED) is 0.347. The first-order chi connectivity index (χ1) is 20.2. The molecule has 0 atom stereocenters. The zero-order valence-electron chi connectivity index (χ0n) is 25.5. The van der Waals surface area contributed by atoms with Crippen molar-refractivity contribution < 1.29 is 4.39 Å². The highest BCUT2D eigenvalue weighted by Crippen LogP contribution is 2.27. The number of allylic oxidation sites excluding steroid dienone is 2. The van der Waals surface area contributed by atoms with Gasteiger partial charge in [0, 0.05) is 57.4 Å². The molecule has 222 valence electrons. The number of aliphatic imine (C=N–C) groups is 2. The molecule has 42 heavy (non-hydrogen) atoms. The van der Waals surface area contributed by atoms with Crippen molar-refractivity contribution >= 4 is 23.5 Å². The van der Waals surface area contributed by atoms with E-state index in [4.69, 9.17) is 4.99 Å². The second kappa shape index (κ2) is 14.6. The van der Waals surface area contributed by atoms with E-state index in [1.165, 1.54) is 6.07 Å². The maximum atomic E-state index is 13.7. The van der Waals surface area contributed by atoms with Gasteiger partial charge in [0.25, 0.3) is 0 Å². The monoisotopic (exact) mass is 569 g/mol. The van der Waals surface area contributed by atoms with Crippen molar-refractivity contribution in [2.24, 2.45) is 9.98 Å². The fraction of sp³-hybridized carbons (Fsp3) is 0.353. The van der Waals surface area contributed by atoms with Crippen LogP contribution in [-0.4, -0.2) is 66.8 Å². The summed E-state index contributed by atoms with van der Waals surface area (Å²) in [4.78, 5) is 16.5. The molecule has 0 saturated carbocycles. The molecular weight excluding hydrogens is 525 g/mol. The molecule has 7 nitrogen and oxygen atoms in total. The third-order valence-electron chi connectivity index (χ3n) is 7.56. The molecular formula is C34H44FN7. The molecule has 0 aliphatic carbocycles. The SMILES string of the molecule is C=C(C)C(=C)N1CCCCN(C/C=C2\C(=Nc3ccc(N(C)Cc4cccc(F)c4)c(C)c3)N=CNN2/C=C\C)CC1. The third kappa shape index (κ3) is 8.19. The summed E-state index contributed by atoms with van der Waals surface area (Å²) >= 11 is 0. The van der Waals surface area contributed by atoms with Crippen LogP contribution in [0.4, 0.5) is 15.8 Å². The van der Waals surface area contributed by atoms with Gasteiger partial charge in [-0.15, -0.1) is 0 Å². The average Bonchev–Trinajstić information content (AvgIpc) is 2.93. The molecule has 0 unspecified atom stereocenters. The Labute approximate surface area is 250 Å². The van der Waals surface area contributed by atoms with Gasteiger partial charge in [-0.3, -0.25) is 15.3 Å².